The first kappa shape index (κ1) is 15.2. The van der Waals surface area contributed by atoms with Gasteiger partial charge in [0.15, 0.2) is 17.4 Å². The average Bonchev–Trinajstić information content (AvgIpc) is 3.13. The minimum absolute atomic E-state index is 0.0486. The van der Waals surface area contributed by atoms with Crippen molar-refractivity contribution in [2.24, 2.45) is 0 Å². The number of pyridine rings is 1. The molecule has 0 saturated carbocycles. The predicted molar refractivity (Wildman–Crippen MR) is 88.5 cm³/mol. The van der Waals surface area contributed by atoms with Crippen LogP contribution in [0.15, 0.2) is 42.7 Å². The van der Waals surface area contributed by atoms with E-state index in [-0.39, 0.29) is 11.3 Å². The Hall–Kier alpha value is -3.33. The van der Waals surface area contributed by atoms with E-state index in [1.165, 1.54) is 12.1 Å². The molecule has 1 aliphatic rings. The molecule has 5 nitrogen and oxygen atoms in total. The Kier molecular flexibility index (Phi) is 3.82. The van der Waals surface area contributed by atoms with Crippen molar-refractivity contribution in [2.75, 3.05) is 0 Å². The van der Waals surface area contributed by atoms with E-state index in [0.29, 0.717) is 11.7 Å². The minimum Gasteiger partial charge on any atom is -0.436 e. The molecule has 4 rings (SSSR count). The third-order valence-corrected chi connectivity index (χ3v) is 4.10. The smallest absolute Gasteiger partial charge is 0.226 e. The summed E-state index contributed by atoms with van der Waals surface area (Å²) in [5.41, 5.74) is 2.93. The van der Waals surface area contributed by atoms with E-state index in [9.17, 15) is 4.39 Å². The van der Waals surface area contributed by atoms with Gasteiger partial charge in [0.05, 0.1) is 17.3 Å². The zero-order valence-electron chi connectivity index (χ0n) is 13.2. The Labute approximate surface area is 143 Å². The number of hydrogen-bond donors (Lipinski definition) is 0. The summed E-state index contributed by atoms with van der Waals surface area (Å²) in [4.78, 5) is 13.1. The first-order chi connectivity index (χ1) is 12.2. The van der Waals surface area contributed by atoms with Crippen LogP contribution in [0.4, 0.5) is 4.39 Å². The average molecular weight is 332 g/mol. The highest BCUT2D eigenvalue weighted by atomic mass is 19.1. The van der Waals surface area contributed by atoms with Gasteiger partial charge in [0.25, 0.3) is 0 Å². The summed E-state index contributed by atoms with van der Waals surface area (Å²) in [6.45, 7) is 0. The number of ether oxygens (including phenoxy) is 1. The molecule has 0 radical (unpaired) electrons. The van der Waals surface area contributed by atoms with Crippen LogP contribution in [0.3, 0.4) is 0 Å². The first-order valence-corrected chi connectivity index (χ1v) is 7.92. The zero-order valence-corrected chi connectivity index (χ0v) is 13.2. The lowest BCUT2D eigenvalue weighted by Gasteiger charge is -2.12. The van der Waals surface area contributed by atoms with E-state index >= 15 is 0 Å². The summed E-state index contributed by atoms with van der Waals surface area (Å²) >= 11 is 0. The molecule has 0 unspecified atom stereocenters. The molecule has 0 fully saturated rings. The van der Waals surface area contributed by atoms with E-state index in [4.69, 9.17) is 10.00 Å². The fourth-order valence-electron chi connectivity index (χ4n) is 2.87. The van der Waals surface area contributed by atoms with Crippen LogP contribution in [0.1, 0.15) is 23.2 Å². The lowest BCUT2D eigenvalue weighted by molar-refractivity contribution is 0.422. The maximum Gasteiger partial charge on any atom is 0.226 e. The largest absolute Gasteiger partial charge is 0.436 e. The Bertz CT molecular complexity index is 983. The van der Waals surface area contributed by atoms with Crippen molar-refractivity contribution < 1.29 is 9.13 Å². The molecule has 0 atom stereocenters. The van der Waals surface area contributed by atoms with E-state index in [2.05, 4.69) is 15.0 Å². The number of hydrogen-bond acceptors (Lipinski definition) is 5. The summed E-state index contributed by atoms with van der Waals surface area (Å²) in [7, 11) is 0. The quantitative estimate of drug-likeness (QED) is 0.729. The molecule has 1 aromatic carbocycles. The van der Waals surface area contributed by atoms with Gasteiger partial charge < -0.3 is 4.74 Å². The fourth-order valence-corrected chi connectivity index (χ4v) is 2.87. The van der Waals surface area contributed by atoms with Gasteiger partial charge in [-0.2, -0.15) is 10.2 Å². The molecular formula is C19H13FN4O. The van der Waals surface area contributed by atoms with Crippen molar-refractivity contribution in [3.63, 3.8) is 0 Å². The van der Waals surface area contributed by atoms with Crippen molar-refractivity contribution in [3.8, 4) is 29.1 Å². The molecule has 0 saturated heterocycles. The van der Waals surface area contributed by atoms with Crippen LogP contribution in [0.2, 0.25) is 0 Å². The number of halogens is 1. The van der Waals surface area contributed by atoms with Gasteiger partial charge in [-0.1, -0.05) is 0 Å². The second kappa shape index (κ2) is 6.29. The third-order valence-electron chi connectivity index (χ3n) is 4.10. The van der Waals surface area contributed by atoms with Crippen LogP contribution in [0.25, 0.3) is 11.4 Å². The first-order valence-electron chi connectivity index (χ1n) is 7.92. The SMILES string of the molecule is N#Cc1ccc(Oc2nc(-c3ccncc3)nc3c2CCC3)c(F)c1. The second-order valence-corrected chi connectivity index (χ2v) is 5.73. The third kappa shape index (κ3) is 2.92. The van der Waals surface area contributed by atoms with Crippen molar-refractivity contribution in [2.45, 2.75) is 19.3 Å². The standard InChI is InChI=1S/C19H13FN4O/c20-15-10-12(11-21)4-5-17(15)25-19-14-2-1-3-16(14)23-18(24-19)13-6-8-22-9-7-13/h4-10H,1-3H2. The van der Waals surface area contributed by atoms with E-state index in [1.54, 1.807) is 12.4 Å². The number of aromatic nitrogens is 3. The molecule has 3 aromatic rings. The number of nitrogens with zero attached hydrogens (tertiary/aromatic N) is 4. The van der Waals surface area contributed by atoms with E-state index in [0.717, 1.165) is 42.1 Å². The van der Waals surface area contributed by atoms with E-state index in [1.807, 2.05) is 18.2 Å². The Morgan fingerprint density at radius 1 is 1.08 bits per heavy atom. The van der Waals surface area contributed by atoms with Crippen LogP contribution in [-0.4, -0.2) is 15.0 Å². The predicted octanol–water partition coefficient (Wildman–Crippen LogP) is 3.83. The topological polar surface area (TPSA) is 71.7 Å². The molecule has 122 valence electrons. The number of rotatable bonds is 3. The highest BCUT2D eigenvalue weighted by molar-refractivity contribution is 5.56. The van der Waals surface area contributed by atoms with Crippen LogP contribution in [0, 0.1) is 17.1 Å². The molecule has 0 amide bonds. The molecular weight excluding hydrogens is 319 g/mol. The number of nitriles is 1. The molecule has 25 heavy (non-hydrogen) atoms. The van der Waals surface area contributed by atoms with Crippen LogP contribution in [-0.2, 0) is 12.8 Å². The highest BCUT2D eigenvalue weighted by Crippen LogP contribution is 2.34. The lowest BCUT2D eigenvalue weighted by atomic mass is 10.2. The minimum atomic E-state index is -0.588. The van der Waals surface area contributed by atoms with Crippen LogP contribution in [0.5, 0.6) is 11.6 Å². The Morgan fingerprint density at radius 2 is 1.92 bits per heavy atom. The van der Waals surface area contributed by atoms with Gasteiger partial charge in [-0.3, -0.25) is 4.98 Å². The summed E-state index contributed by atoms with van der Waals surface area (Å²) in [6.07, 6.45) is 5.97. The maximum absolute atomic E-state index is 14.2. The van der Waals surface area contributed by atoms with Crippen molar-refractivity contribution in [3.05, 3.63) is 65.4 Å². The highest BCUT2D eigenvalue weighted by Gasteiger charge is 2.22. The number of fused-ring (bicyclic) bond motifs is 1. The van der Waals surface area contributed by atoms with Gasteiger partial charge in [0, 0.05) is 23.5 Å². The van der Waals surface area contributed by atoms with E-state index < -0.39 is 5.82 Å². The van der Waals surface area contributed by atoms with Gasteiger partial charge in [0.1, 0.15) is 0 Å². The van der Waals surface area contributed by atoms with Crippen molar-refractivity contribution >= 4 is 0 Å². The van der Waals surface area contributed by atoms with Gasteiger partial charge >= 0.3 is 0 Å². The zero-order chi connectivity index (χ0) is 17.2. The summed E-state index contributed by atoms with van der Waals surface area (Å²) < 4.78 is 19.9. The molecule has 1 aliphatic carbocycles. The number of benzene rings is 1. The number of aryl methyl sites for hydroxylation is 1. The lowest BCUT2D eigenvalue weighted by Crippen LogP contribution is -2.02. The van der Waals surface area contributed by atoms with Crippen LogP contribution >= 0.6 is 0 Å². The second-order valence-electron chi connectivity index (χ2n) is 5.73. The fraction of sp³-hybridized carbons (Fsp3) is 0.158. The molecule has 2 aromatic heterocycles. The monoisotopic (exact) mass is 332 g/mol. The van der Waals surface area contributed by atoms with Crippen LogP contribution < -0.4 is 4.74 Å². The van der Waals surface area contributed by atoms with Crippen molar-refractivity contribution in [1.82, 2.24) is 15.0 Å². The van der Waals surface area contributed by atoms with Gasteiger partial charge in [0.2, 0.25) is 5.88 Å². The Balaban J connectivity index is 1.77. The molecule has 0 N–H and O–H groups in total. The maximum atomic E-state index is 14.2. The summed E-state index contributed by atoms with van der Waals surface area (Å²) in [5.74, 6) is 0.368. The summed E-state index contributed by atoms with van der Waals surface area (Å²) in [5, 5.41) is 8.85. The molecule has 0 bridgehead atoms. The Morgan fingerprint density at radius 3 is 2.68 bits per heavy atom. The summed E-state index contributed by atoms with van der Waals surface area (Å²) in [6, 6.07) is 9.67. The molecule has 0 spiro atoms. The van der Waals surface area contributed by atoms with Gasteiger partial charge in [-0.05, 0) is 49.6 Å². The van der Waals surface area contributed by atoms with Crippen molar-refractivity contribution in [1.29, 1.82) is 5.26 Å². The van der Waals surface area contributed by atoms with Gasteiger partial charge in [-0.25, -0.2) is 9.37 Å². The normalized spacial score (nSPS) is 12.5. The molecule has 6 heteroatoms. The van der Waals surface area contributed by atoms with Gasteiger partial charge in [-0.15, -0.1) is 0 Å². The molecule has 0 aliphatic heterocycles. The molecule has 2 heterocycles.